The van der Waals surface area contributed by atoms with Crippen molar-refractivity contribution in [3.8, 4) is 0 Å². The molecule has 15 heavy (non-hydrogen) atoms. The van der Waals surface area contributed by atoms with Gasteiger partial charge < -0.3 is 10.5 Å². The fraction of sp³-hybridized carbons (Fsp3) is 1.00. The van der Waals surface area contributed by atoms with Gasteiger partial charge in [-0.25, -0.2) is 0 Å². The molecule has 2 heteroatoms. The first kappa shape index (κ1) is 13.0. The Kier molecular flexibility index (Phi) is 6.26. The van der Waals surface area contributed by atoms with Crippen molar-refractivity contribution in [2.24, 2.45) is 23.5 Å². The van der Waals surface area contributed by atoms with E-state index in [1.807, 2.05) is 0 Å². The van der Waals surface area contributed by atoms with Gasteiger partial charge in [0.2, 0.25) is 0 Å². The molecule has 1 aliphatic carbocycles. The van der Waals surface area contributed by atoms with Crippen LogP contribution in [0.3, 0.4) is 0 Å². The van der Waals surface area contributed by atoms with E-state index in [4.69, 9.17) is 10.5 Å². The van der Waals surface area contributed by atoms with Crippen molar-refractivity contribution >= 4 is 0 Å². The molecule has 1 rings (SSSR count). The molecule has 1 fully saturated rings. The number of methoxy groups -OCH3 is 1. The molecule has 0 aromatic heterocycles. The zero-order chi connectivity index (χ0) is 11.1. The highest BCUT2D eigenvalue weighted by molar-refractivity contribution is 4.80. The Balaban J connectivity index is 2.33. The Morgan fingerprint density at radius 3 is 2.67 bits per heavy atom. The van der Waals surface area contributed by atoms with E-state index < -0.39 is 0 Å². The first-order chi connectivity index (χ1) is 7.31. The van der Waals surface area contributed by atoms with Crippen molar-refractivity contribution in [3.63, 3.8) is 0 Å². The molecule has 0 spiro atoms. The summed E-state index contributed by atoms with van der Waals surface area (Å²) in [6.07, 6.45) is 8.02. The van der Waals surface area contributed by atoms with Crippen LogP contribution in [0.25, 0.3) is 0 Å². The Hall–Kier alpha value is -0.0800. The van der Waals surface area contributed by atoms with Crippen LogP contribution in [0.5, 0.6) is 0 Å². The molecule has 0 amide bonds. The van der Waals surface area contributed by atoms with E-state index in [2.05, 4.69) is 6.92 Å². The fourth-order valence-electron chi connectivity index (χ4n) is 2.95. The molecule has 0 aromatic carbocycles. The molecule has 0 aliphatic heterocycles. The van der Waals surface area contributed by atoms with E-state index in [1.165, 1.54) is 38.5 Å². The van der Waals surface area contributed by atoms with Crippen molar-refractivity contribution in [1.29, 1.82) is 0 Å². The third kappa shape index (κ3) is 4.12. The number of ether oxygens (including phenoxy) is 1. The second-order valence-electron chi connectivity index (χ2n) is 4.98. The van der Waals surface area contributed by atoms with Gasteiger partial charge in [-0.15, -0.1) is 0 Å². The molecule has 2 N–H and O–H groups in total. The molecule has 0 bridgehead atoms. The molecule has 1 aliphatic rings. The topological polar surface area (TPSA) is 35.2 Å². The van der Waals surface area contributed by atoms with Gasteiger partial charge in [0.1, 0.15) is 0 Å². The Morgan fingerprint density at radius 1 is 1.27 bits per heavy atom. The third-order valence-corrected chi connectivity index (χ3v) is 4.05. The van der Waals surface area contributed by atoms with E-state index in [0.29, 0.717) is 0 Å². The maximum atomic E-state index is 5.85. The summed E-state index contributed by atoms with van der Waals surface area (Å²) in [7, 11) is 1.79. The Labute approximate surface area is 94.6 Å². The molecule has 90 valence electrons. The summed E-state index contributed by atoms with van der Waals surface area (Å²) in [4.78, 5) is 0. The van der Waals surface area contributed by atoms with Gasteiger partial charge in [-0.2, -0.15) is 0 Å². The first-order valence-electron chi connectivity index (χ1n) is 6.50. The van der Waals surface area contributed by atoms with Crippen LogP contribution in [0.1, 0.15) is 45.4 Å². The molecule has 0 aromatic rings. The molecule has 2 nitrogen and oxygen atoms in total. The molecule has 1 saturated carbocycles. The van der Waals surface area contributed by atoms with Crippen LogP contribution in [0.2, 0.25) is 0 Å². The number of rotatable bonds is 6. The Bertz CT molecular complexity index is 161. The van der Waals surface area contributed by atoms with Crippen LogP contribution >= 0.6 is 0 Å². The van der Waals surface area contributed by atoms with E-state index in [9.17, 15) is 0 Å². The van der Waals surface area contributed by atoms with Gasteiger partial charge in [-0.1, -0.05) is 19.8 Å². The molecule has 0 heterocycles. The monoisotopic (exact) mass is 213 g/mol. The Morgan fingerprint density at radius 2 is 2.07 bits per heavy atom. The summed E-state index contributed by atoms with van der Waals surface area (Å²) in [6.45, 7) is 4.11. The summed E-state index contributed by atoms with van der Waals surface area (Å²) in [5.41, 5.74) is 5.85. The molecular formula is C13H27NO. The van der Waals surface area contributed by atoms with Crippen LogP contribution in [0.4, 0.5) is 0 Å². The molecule has 3 unspecified atom stereocenters. The maximum Gasteiger partial charge on any atom is 0.0462 e. The highest BCUT2D eigenvalue weighted by Gasteiger charge is 2.28. The third-order valence-electron chi connectivity index (χ3n) is 4.05. The molecular weight excluding hydrogens is 186 g/mol. The van der Waals surface area contributed by atoms with Gasteiger partial charge in [0, 0.05) is 13.7 Å². The number of hydrogen-bond donors (Lipinski definition) is 1. The lowest BCUT2D eigenvalue weighted by Crippen LogP contribution is -2.30. The standard InChI is InChI=1S/C13H27NO/c1-3-11-6-7-13(10-14)12(9-11)5-4-8-15-2/h11-13H,3-10,14H2,1-2H3. The maximum absolute atomic E-state index is 5.85. The highest BCUT2D eigenvalue weighted by Crippen LogP contribution is 2.37. The van der Waals surface area contributed by atoms with Gasteiger partial charge >= 0.3 is 0 Å². The van der Waals surface area contributed by atoms with E-state index in [-0.39, 0.29) is 0 Å². The minimum absolute atomic E-state index is 0.782. The normalized spacial score (nSPS) is 31.8. The van der Waals surface area contributed by atoms with E-state index in [0.717, 1.165) is 30.9 Å². The largest absolute Gasteiger partial charge is 0.385 e. The van der Waals surface area contributed by atoms with Crippen LogP contribution in [-0.4, -0.2) is 20.3 Å². The summed E-state index contributed by atoms with van der Waals surface area (Å²) < 4.78 is 5.12. The van der Waals surface area contributed by atoms with Gasteiger partial charge in [0.15, 0.2) is 0 Å². The smallest absolute Gasteiger partial charge is 0.0462 e. The van der Waals surface area contributed by atoms with Crippen LogP contribution < -0.4 is 5.73 Å². The van der Waals surface area contributed by atoms with Crippen molar-refractivity contribution in [3.05, 3.63) is 0 Å². The zero-order valence-electron chi connectivity index (χ0n) is 10.4. The summed E-state index contributed by atoms with van der Waals surface area (Å²) in [5.74, 6) is 2.61. The van der Waals surface area contributed by atoms with Gasteiger partial charge in [-0.3, -0.25) is 0 Å². The van der Waals surface area contributed by atoms with Gasteiger partial charge in [0.25, 0.3) is 0 Å². The van der Waals surface area contributed by atoms with E-state index in [1.54, 1.807) is 7.11 Å². The summed E-state index contributed by atoms with van der Waals surface area (Å²) in [5, 5.41) is 0. The predicted octanol–water partition coefficient (Wildman–Crippen LogP) is 2.81. The van der Waals surface area contributed by atoms with Crippen LogP contribution in [0.15, 0.2) is 0 Å². The quantitative estimate of drug-likeness (QED) is 0.689. The minimum atomic E-state index is 0.782. The first-order valence-corrected chi connectivity index (χ1v) is 6.50. The average molecular weight is 213 g/mol. The van der Waals surface area contributed by atoms with Crippen LogP contribution in [-0.2, 0) is 4.74 Å². The van der Waals surface area contributed by atoms with Crippen LogP contribution in [0, 0.1) is 17.8 Å². The lowest BCUT2D eigenvalue weighted by atomic mass is 9.71. The van der Waals surface area contributed by atoms with Crippen molar-refractivity contribution in [2.75, 3.05) is 20.3 Å². The lowest BCUT2D eigenvalue weighted by molar-refractivity contribution is 0.142. The number of hydrogen-bond acceptors (Lipinski definition) is 2. The summed E-state index contributed by atoms with van der Waals surface area (Å²) >= 11 is 0. The second kappa shape index (κ2) is 7.24. The van der Waals surface area contributed by atoms with Gasteiger partial charge in [-0.05, 0) is 50.0 Å². The minimum Gasteiger partial charge on any atom is -0.385 e. The fourth-order valence-corrected chi connectivity index (χ4v) is 2.95. The van der Waals surface area contributed by atoms with E-state index >= 15 is 0 Å². The highest BCUT2D eigenvalue weighted by atomic mass is 16.5. The average Bonchev–Trinajstić information content (AvgIpc) is 2.29. The molecule has 3 atom stereocenters. The van der Waals surface area contributed by atoms with Crippen molar-refractivity contribution < 1.29 is 4.74 Å². The van der Waals surface area contributed by atoms with Crippen molar-refractivity contribution in [2.45, 2.75) is 45.4 Å². The second-order valence-corrected chi connectivity index (χ2v) is 4.98. The van der Waals surface area contributed by atoms with Crippen molar-refractivity contribution in [1.82, 2.24) is 0 Å². The number of nitrogens with two attached hydrogens (primary N) is 1. The summed E-state index contributed by atoms with van der Waals surface area (Å²) in [6, 6.07) is 0. The lowest BCUT2D eigenvalue weighted by Gasteiger charge is -2.35. The molecule has 0 radical (unpaired) electrons. The molecule has 0 saturated heterocycles. The zero-order valence-corrected chi connectivity index (χ0v) is 10.4. The van der Waals surface area contributed by atoms with Gasteiger partial charge in [0.05, 0.1) is 0 Å². The SMILES string of the molecule is CCC1CCC(CN)C(CCCOC)C1. The predicted molar refractivity (Wildman–Crippen MR) is 64.8 cm³/mol.